The topological polar surface area (TPSA) is 50.2 Å². The molecule has 17 heavy (non-hydrogen) atoms. The van der Waals surface area contributed by atoms with E-state index in [1.54, 1.807) is 18.3 Å². The number of carboxylic acids is 1. The lowest BCUT2D eigenvalue weighted by Gasteiger charge is -2.06. The molecule has 0 radical (unpaired) electrons. The molecule has 2 rings (SSSR count). The molecule has 0 spiro atoms. The lowest BCUT2D eigenvalue weighted by Crippen LogP contribution is -2.00. The third kappa shape index (κ3) is 2.65. The second-order valence-corrected chi connectivity index (χ2v) is 4.56. The Morgan fingerprint density at radius 1 is 1.24 bits per heavy atom. The van der Waals surface area contributed by atoms with Crippen molar-refractivity contribution in [3.05, 3.63) is 53.7 Å². The monoisotopic (exact) mass is 245 g/mol. The summed E-state index contributed by atoms with van der Waals surface area (Å²) < 4.78 is 0. The van der Waals surface area contributed by atoms with Crippen molar-refractivity contribution in [1.29, 1.82) is 0 Å². The van der Waals surface area contributed by atoms with Gasteiger partial charge in [-0.1, -0.05) is 30.0 Å². The second kappa shape index (κ2) is 5.01. The van der Waals surface area contributed by atoms with Gasteiger partial charge >= 0.3 is 5.97 Å². The van der Waals surface area contributed by atoms with E-state index in [1.165, 1.54) is 11.8 Å². The highest BCUT2D eigenvalue weighted by atomic mass is 32.2. The summed E-state index contributed by atoms with van der Waals surface area (Å²) >= 11 is 1.38. The normalized spacial score (nSPS) is 10.2. The molecule has 0 fully saturated rings. The molecule has 4 heteroatoms. The maximum Gasteiger partial charge on any atom is 0.338 e. The van der Waals surface area contributed by atoms with E-state index in [0.717, 1.165) is 10.5 Å². The number of aromatic carboxylic acids is 1. The third-order valence-corrected chi connectivity index (χ3v) is 3.50. The smallest absolute Gasteiger partial charge is 0.338 e. The summed E-state index contributed by atoms with van der Waals surface area (Å²) in [6.45, 7) is 1.99. The van der Waals surface area contributed by atoms with Crippen LogP contribution in [0.5, 0.6) is 0 Å². The van der Waals surface area contributed by atoms with E-state index in [-0.39, 0.29) is 5.56 Å². The summed E-state index contributed by atoms with van der Waals surface area (Å²) in [5.74, 6) is -0.950. The van der Waals surface area contributed by atoms with Crippen molar-refractivity contribution in [2.45, 2.75) is 16.8 Å². The molecule has 1 N–H and O–H groups in total. The average Bonchev–Trinajstić information content (AvgIpc) is 2.32. The number of carboxylic acid groups (broad SMARTS) is 1. The number of aromatic nitrogens is 1. The van der Waals surface area contributed by atoms with Crippen LogP contribution in [-0.4, -0.2) is 16.1 Å². The van der Waals surface area contributed by atoms with Crippen LogP contribution < -0.4 is 0 Å². The fourth-order valence-corrected chi connectivity index (χ4v) is 2.37. The SMILES string of the molecule is Cc1ccccc1Sc1ncccc1C(=O)O. The molecule has 0 aliphatic carbocycles. The highest BCUT2D eigenvalue weighted by Gasteiger charge is 2.12. The van der Waals surface area contributed by atoms with E-state index in [4.69, 9.17) is 5.11 Å². The predicted molar refractivity (Wildman–Crippen MR) is 66.5 cm³/mol. The zero-order chi connectivity index (χ0) is 12.3. The van der Waals surface area contributed by atoms with Crippen molar-refractivity contribution in [2.24, 2.45) is 0 Å². The fourth-order valence-electron chi connectivity index (χ4n) is 1.41. The summed E-state index contributed by atoms with van der Waals surface area (Å²) in [6.07, 6.45) is 1.60. The first-order valence-corrected chi connectivity index (χ1v) is 5.92. The minimum atomic E-state index is -0.950. The summed E-state index contributed by atoms with van der Waals surface area (Å²) in [7, 11) is 0. The van der Waals surface area contributed by atoms with Crippen LogP contribution in [-0.2, 0) is 0 Å². The molecule has 0 aliphatic rings. The first-order chi connectivity index (χ1) is 8.18. The Labute approximate surface area is 104 Å². The molecular weight excluding hydrogens is 234 g/mol. The highest BCUT2D eigenvalue weighted by Crippen LogP contribution is 2.30. The molecule has 86 valence electrons. The van der Waals surface area contributed by atoms with Crippen LogP contribution in [0.3, 0.4) is 0 Å². The molecule has 1 aromatic heterocycles. The molecule has 1 heterocycles. The van der Waals surface area contributed by atoms with E-state index >= 15 is 0 Å². The number of hydrogen-bond donors (Lipinski definition) is 1. The first kappa shape index (κ1) is 11.7. The number of aryl methyl sites for hydroxylation is 1. The minimum Gasteiger partial charge on any atom is -0.478 e. The van der Waals surface area contributed by atoms with Crippen molar-refractivity contribution in [3.63, 3.8) is 0 Å². The molecule has 0 saturated carbocycles. The maximum absolute atomic E-state index is 11.0. The van der Waals surface area contributed by atoms with Crippen molar-refractivity contribution in [2.75, 3.05) is 0 Å². The van der Waals surface area contributed by atoms with Crippen LogP contribution in [0.4, 0.5) is 0 Å². The molecule has 3 nitrogen and oxygen atoms in total. The second-order valence-electron chi connectivity index (χ2n) is 3.53. The summed E-state index contributed by atoms with van der Waals surface area (Å²) in [4.78, 5) is 16.2. The van der Waals surface area contributed by atoms with Gasteiger partial charge in [0, 0.05) is 11.1 Å². The van der Waals surface area contributed by atoms with Crippen molar-refractivity contribution >= 4 is 17.7 Å². The van der Waals surface area contributed by atoms with E-state index in [1.807, 2.05) is 31.2 Å². The Bertz CT molecular complexity index is 555. The maximum atomic E-state index is 11.0. The van der Waals surface area contributed by atoms with E-state index in [0.29, 0.717) is 5.03 Å². The summed E-state index contributed by atoms with van der Waals surface area (Å²) in [6, 6.07) is 11.0. The fraction of sp³-hybridized carbons (Fsp3) is 0.0769. The predicted octanol–water partition coefficient (Wildman–Crippen LogP) is 3.24. The van der Waals surface area contributed by atoms with E-state index in [9.17, 15) is 4.79 Å². The summed E-state index contributed by atoms with van der Waals surface area (Å²) in [5.41, 5.74) is 1.35. The Hall–Kier alpha value is -1.81. The van der Waals surface area contributed by atoms with E-state index < -0.39 is 5.97 Å². The van der Waals surface area contributed by atoms with Gasteiger partial charge in [-0.25, -0.2) is 9.78 Å². The van der Waals surface area contributed by atoms with Crippen molar-refractivity contribution in [1.82, 2.24) is 4.98 Å². The highest BCUT2D eigenvalue weighted by molar-refractivity contribution is 7.99. The summed E-state index contributed by atoms with van der Waals surface area (Å²) in [5, 5.41) is 9.58. The van der Waals surface area contributed by atoms with Crippen LogP contribution in [0.15, 0.2) is 52.5 Å². The van der Waals surface area contributed by atoms with Gasteiger partial charge in [-0.3, -0.25) is 0 Å². The van der Waals surface area contributed by atoms with Crippen LogP contribution >= 0.6 is 11.8 Å². The minimum absolute atomic E-state index is 0.237. The number of rotatable bonds is 3. The molecule has 0 atom stereocenters. The zero-order valence-corrected chi connectivity index (χ0v) is 10.1. The molecule has 2 aromatic rings. The number of pyridine rings is 1. The zero-order valence-electron chi connectivity index (χ0n) is 9.25. The van der Waals surface area contributed by atoms with Gasteiger partial charge in [0.15, 0.2) is 0 Å². The molecule has 0 bridgehead atoms. The van der Waals surface area contributed by atoms with Crippen molar-refractivity contribution < 1.29 is 9.90 Å². The first-order valence-electron chi connectivity index (χ1n) is 5.10. The van der Waals surface area contributed by atoms with Gasteiger partial charge in [0.25, 0.3) is 0 Å². The molecule has 0 saturated heterocycles. The number of carbonyl (C=O) groups is 1. The lowest BCUT2D eigenvalue weighted by molar-refractivity contribution is 0.0692. The Kier molecular flexibility index (Phi) is 3.44. The van der Waals surface area contributed by atoms with Gasteiger partial charge in [-0.15, -0.1) is 0 Å². The molecule has 1 aromatic carbocycles. The van der Waals surface area contributed by atoms with Gasteiger partial charge < -0.3 is 5.11 Å². The van der Waals surface area contributed by atoms with Crippen molar-refractivity contribution in [3.8, 4) is 0 Å². The number of benzene rings is 1. The Balaban J connectivity index is 2.37. The van der Waals surface area contributed by atoms with E-state index in [2.05, 4.69) is 4.98 Å². The van der Waals surface area contributed by atoms with Crippen LogP contribution in [0, 0.1) is 6.92 Å². The quantitative estimate of drug-likeness (QED) is 0.901. The molecule has 0 amide bonds. The van der Waals surface area contributed by atoms with Gasteiger partial charge in [0.1, 0.15) is 5.03 Å². The van der Waals surface area contributed by atoms with Gasteiger partial charge in [0.2, 0.25) is 0 Å². The standard InChI is InChI=1S/C13H11NO2S/c1-9-5-2-3-7-11(9)17-12-10(13(15)16)6-4-8-14-12/h2-8H,1H3,(H,15,16). The Morgan fingerprint density at radius 2 is 2.00 bits per heavy atom. The lowest BCUT2D eigenvalue weighted by atomic mass is 10.2. The van der Waals surface area contributed by atoms with Gasteiger partial charge in [0.05, 0.1) is 5.56 Å². The van der Waals surface area contributed by atoms with Gasteiger partial charge in [-0.05, 0) is 30.7 Å². The van der Waals surface area contributed by atoms with Crippen LogP contribution in [0.2, 0.25) is 0 Å². The number of hydrogen-bond acceptors (Lipinski definition) is 3. The molecule has 0 unspecified atom stereocenters. The number of nitrogens with zero attached hydrogens (tertiary/aromatic N) is 1. The van der Waals surface area contributed by atoms with Crippen LogP contribution in [0.1, 0.15) is 15.9 Å². The average molecular weight is 245 g/mol. The van der Waals surface area contributed by atoms with Crippen LogP contribution in [0.25, 0.3) is 0 Å². The Morgan fingerprint density at radius 3 is 2.71 bits per heavy atom. The molecular formula is C13H11NO2S. The largest absolute Gasteiger partial charge is 0.478 e. The molecule has 0 aliphatic heterocycles. The van der Waals surface area contributed by atoms with Gasteiger partial charge in [-0.2, -0.15) is 0 Å². The third-order valence-electron chi connectivity index (χ3n) is 2.30.